The molecule has 0 amide bonds. The summed E-state index contributed by atoms with van der Waals surface area (Å²) < 4.78 is 31.6. The maximum Gasteiger partial charge on any atom is 0.283 e. The predicted octanol–water partition coefficient (Wildman–Crippen LogP) is 2.32. The Morgan fingerprint density at radius 3 is 3.00 bits per heavy atom. The zero-order valence-electron chi connectivity index (χ0n) is 12.1. The molecular formula is C15H16BrFN2O3. The molecule has 2 N–H and O–H groups in total. The zero-order valence-corrected chi connectivity index (χ0v) is 13.7. The number of nitrogens with two attached hydrogens (primary N) is 1. The molecule has 7 heteroatoms. The minimum absolute atomic E-state index is 0.0420. The topological polar surface area (TPSA) is 66.1 Å². The van der Waals surface area contributed by atoms with Crippen LogP contribution in [0.4, 0.5) is 4.39 Å². The van der Waals surface area contributed by atoms with Gasteiger partial charge in [0, 0.05) is 18.1 Å². The van der Waals surface area contributed by atoms with E-state index < -0.39 is 11.1 Å². The van der Waals surface area contributed by atoms with Crippen LogP contribution in [0.25, 0.3) is 0 Å². The largest absolute Gasteiger partial charge is 0.486 e. The van der Waals surface area contributed by atoms with E-state index in [1.54, 1.807) is 6.07 Å². The molecule has 0 bridgehead atoms. The van der Waals surface area contributed by atoms with E-state index in [2.05, 4.69) is 20.9 Å². The highest BCUT2D eigenvalue weighted by Gasteiger charge is 2.60. The van der Waals surface area contributed by atoms with Crippen molar-refractivity contribution in [3.05, 3.63) is 28.0 Å². The smallest absolute Gasteiger partial charge is 0.283 e. The summed E-state index contributed by atoms with van der Waals surface area (Å²) >= 11 is 3.24. The lowest BCUT2D eigenvalue weighted by molar-refractivity contribution is -0.129. The lowest BCUT2D eigenvalue weighted by atomic mass is 9.67. The first-order valence-electron chi connectivity index (χ1n) is 7.19. The number of nitrogens with zero attached hydrogens (tertiary/aromatic N) is 1. The molecule has 5 nitrogen and oxygen atoms in total. The number of ether oxygens (including phenoxy) is 3. The first kappa shape index (κ1) is 14.3. The van der Waals surface area contributed by atoms with Crippen molar-refractivity contribution in [1.82, 2.24) is 0 Å². The summed E-state index contributed by atoms with van der Waals surface area (Å²) in [5, 5.41) is 0. The second kappa shape index (κ2) is 4.58. The van der Waals surface area contributed by atoms with Crippen LogP contribution in [0.2, 0.25) is 0 Å². The summed E-state index contributed by atoms with van der Waals surface area (Å²) in [6.45, 7) is 3.45. The van der Waals surface area contributed by atoms with Crippen molar-refractivity contribution in [3.8, 4) is 5.75 Å². The van der Waals surface area contributed by atoms with Gasteiger partial charge in [-0.05, 0) is 28.9 Å². The third-order valence-electron chi connectivity index (χ3n) is 4.92. The minimum atomic E-state index is -0.691. The van der Waals surface area contributed by atoms with Crippen molar-refractivity contribution in [3.63, 3.8) is 0 Å². The Kier molecular flexibility index (Phi) is 2.97. The van der Waals surface area contributed by atoms with E-state index in [4.69, 9.17) is 19.9 Å². The van der Waals surface area contributed by atoms with E-state index in [1.807, 2.05) is 6.92 Å². The standard InChI is InChI=1S/C15H16BrFN2O3/c1-14-2-3-20-6-12(14)15(7-21-13(18)19-15)8-4-9(16)10(17)5-11(8)22-14/h4-5,12H,2-3,6-7H2,1H3,(H2,18,19). The van der Waals surface area contributed by atoms with Crippen LogP contribution in [-0.2, 0) is 15.0 Å². The number of fused-ring (bicyclic) bond motifs is 4. The summed E-state index contributed by atoms with van der Waals surface area (Å²) in [6, 6.07) is 3.27. The van der Waals surface area contributed by atoms with E-state index in [1.165, 1.54) is 6.07 Å². The average Bonchev–Trinajstić information content (AvgIpc) is 2.84. The number of rotatable bonds is 0. The molecule has 3 atom stereocenters. The van der Waals surface area contributed by atoms with Crippen LogP contribution in [0.15, 0.2) is 21.6 Å². The van der Waals surface area contributed by atoms with Crippen molar-refractivity contribution in [2.45, 2.75) is 24.5 Å². The molecule has 1 saturated heterocycles. The molecular weight excluding hydrogens is 355 g/mol. The normalized spacial score (nSPS) is 36.1. The van der Waals surface area contributed by atoms with Gasteiger partial charge in [0.05, 0.1) is 23.6 Å². The molecule has 118 valence electrons. The predicted molar refractivity (Wildman–Crippen MR) is 81.3 cm³/mol. The van der Waals surface area contributed by atoms with Crippen LogP contribution < -0.4 is 10.5 Å². The molecule has 0 saturated carbocycles. The van der Waals surface area contributed by atoms with Crippen molar-refractivity contribution < 1.29 is 18.6 Å². The Bertz CT molecular complexity index is 683. The van der Waals surface area contributed by atoms with Gasteiger partial charge >= 0.3 is 0 Å². The second-order valence-electron chi connectivity index (χ2n) is 6.22. The Morgan fingerprint density at radius 1 is 1.45 bits per heavy atom. The van der Waals surface area contributed by atoms with Crippen LogP contribution in [0, 0.1) is 11.7 Å². The van der Waals surface area contributed by atoms with Gasteiger partial charge in [-0.1, -0.05) is 0 Å². The number of hydrogen-bond donors (Lipinski definition) is 1. The highest BCUT2D eigenvalue weighted by atomic mass is 79.9. The summed E-state index contributed by atoms with van der Waals surface area (Å²) in [7, 11) is 0. The van der Waals surface area contributed by atoms with Gasteiger partial charge < -0.3 is 19.9 Å². The maximum atomic E-state index is 14.0. The van der Waals surface area contributed by atoms with Crippen molar-refractivity contribution in [1.29, 1.82) is 0 Å². The highest BCUT2D eigenvalue weighted by Crippen LogP contribution is 2.54. The van der Waals surface area contributed by atoms with Gasteiger partial charge in [-0.25, -0.2) is 9.38 Å². The number of hydrogen-bond acceptors (Lipinski definition) is 5. The molecule has 3 unspecified atom stereocenters. The zero-order chi connectivity index (χ0) is 15.5. The number of amidine groups is 1. The third-order valence-corrected chi connectivity index (χ3v) is 5.53. The SMILES string of the molecule is CC12CCOCC1C1(COC(N)=N1)c1cc(Br)c(F)cc1O2. The van der Waals surface area contributed by atoms with E-state index in [9.17, 15) is 4.39 Å². The number of halogens is 2. The molecule has 0 aliphatic carbocycles. The fourth-order valence-corrected chi connectivity index (χ4v) is 4.09. The van der Waals surface area contributed by atoms with E-state index in [0.29, 0.717) is 36.5 Å². The molecule has 3 aliphatic rings. The van der Waals surface area contributed by atoms with Crippen LogP contribution in [-0.4, -0.2) is 31.4 Å². The average molecular weight is 371 g/mol. The second-order valence-corrected chi connectivity index (χ2v) is 7.07. The summed E-state index contributed by atoms with van der Waals surface area (Å²) in [5.41, 5.74) is 5.40. The van der Waals surface area contributed by atoms with Crippen molar-refractivity contribution in [2.75, 3.05) is 19.8 Å². The molecule has 0 radical (unpaired) electrons. The van der Waals surface area contributed by atoms with Crippen LogP contribution in [0.3, 0.4) is 0 Å². The summed E-state index contributed by atoms with van der Waals surface area (Å²) in [6.07, 6.45) is 0.714. The molecule has 1 spiro atoms. The van der Waals surface area contributed by atoms with Crippen LogP contribution in [0.5, 0.6) is 5.75 Å². The molecule has 3 heterocycles. The first-order chi connectivity index (χ1) is 10.4. The van der Waals surface area contributed by atoms with Gasteiger partial charge in [-0.3, -0.25) is 0 Å². The molecule has 22 heavy (non-hydrogen) atoms. The Morgan fingerprint density at radius 2 is 2.27 bits per heavy atom. The molecule has 0 aromatic heterocycles. The van der Waals surface area contributed by atoms with Gasteiger partial charge in [0.25, 0.3) is 6.02 Å². The fourth-order valence-electron chi connectivity index (χ4n) is 3.74. The fraction of sp³-hybridized carbons (Fsp3) is 0.533. The minimum Gasteiger partial charge on any atom is -0.486 e. The Hall–Kier alpha value is -1.34. The van der Waals surface area contributed by atoms with E-state index in [0.717, 1.165) is 5.56 Å². The maximum absolute atomic E-state index is 14.0. The molecule has 1 fully saturated rings. The van der Waals surface area contributed by atoms with E-state index >= 15 is 0 Å². The van der Waals surface area contributed by atoms with Crippen molar-refractivity contribution >= 4 is 22.0 Å². The highest BCUT2D eigenvalue weighted by molar-refractivity contribution is 9.10. The third kappa shape index (κ3) is 1.81. The quantitative estimate of drug-likeness (QED) is 0.760. The van der Waals surface area contributed by atoms with Crippen molar-refractivity contribution in [2.24, 2.45) is 16.6 Å². The lowest BCUT2D eigenvalue weighted by Gasteiger charge is -2.52. The summed E-state index contributed by atoms with van der Waals surface area (Å²) in [5.74, 6) is 0.0990. The first-order valence-corrected chi connectivity index (χ1v) is 7.98. The van der Waals surface area contributed by atoms with Crippen LogP contribution in [0.1, 0.15) is 18.9 Å². The van der Waals surface area contributed by atoms with Gasteiger partial charge in [0.15, 0.2) is 0 Å². The Balaban J connectivity index is 1.96. The Labute approximate surface area is 135 Å². The van der Waals surface area contributed by atoms with E-state index in [-0.39, 0.29) is 17.8 Å². The molecule has 3 aliphatic heterocycles. The molecule has 1 aromatic rings. The van der Waals surface area contributed by atoms with Gasteiger partial charge in [-0.15, -0.1) is 0 Å². The van der Waals surface area contributed by atoms with Gasteiger partial charge in [0.1, 0.15) is 29.3 Å². The summed E-state index contributed by atoms with van der Waals surface area (Å²) in [4.78, 5) is 4.59. The molecule has 4 rings (SSSR count). The number of aliphatic imine (C=N–C) groups is 1. The van der Waals surface area contributed by atoms with Crippen LogP contribution >= 0.6 is 15.9 Å². The molecule has 1 aromatic carbocycles. The monoisotopic (exact) mass is 370 g/mol. The lowest BCUT2D eigenvalue weighted by Crippen LogP contribution is -2.59. The van der Waals surface area contributed by atoms with Gasteiger partial charge in [0.2, 0.25) is 0 Å². The van der Waals surface area contributed by atoms with Gasteiger partial charge in [-0.2, -0.15) is 0 Å². The number of benzene rings is 1.